The Labute approximate surface area is 140 Å². The third kappa shape index (κ3) is 4.55. The van der Waals surface area contributed by atoms with Crippen molar-refractivity contribution in [3.05, 3.63) is 96.1 Å². The molecular weight excluding hydrogens is 302 g/mol. The molecule has 0 heterocycles. The van der Waals surface area contributed by atoms with E-state index in [9.17, 15) is 9.59 Å². The summed E-state index contributed by atoms with van der Waals surface area (Å²) in [5.74, 6) is -1.27. The highest BCUT2D eigenvalue weighted by Crippen LogP contribution is 2.22. The molecule has 4 heteroatoms. The molecule has 4 nitrogen and oxygen atoms in total. The average Bonchev–Trinajstić information content (AvgIpc) is 2.63. The summed E-state index contributed by atoms with van der Waals surface area (Å²) in [5, 5.41) is 8.38. The molecule has 0 aliphatic heterocycles. The van der Waals surface area contributed by atoms with Crippen molar-refractivity contribution >= 4 is 11.9 Å². The Balaban J connectivity index is 0.000000198. The quantitative estimate of drug-likeness (QED) is 0.769. The first-order valence-corrected chi connectivity index (χ1v) is 7.32. The van der Waals surface area contributed by atoms with E-state index in [4.69, 9.17) is 10.8 Å². The van der Waals surface area contributed by atoms with Crippen molar-refractivity contribution < 1.29 is 14.7 Å². The third-order valence-electron chi connectivity index (χ3n) is 3.30. The normalized spacial score (nSPS) is 9.50. The van der Waals surface area contributed by atoms with Crippen LogP contribution >= 0.6 is 0 Å². The first kappa shape index (κ1) is 17.0. The van der Waals surface area contributed by atoms with Crippen LogP contribution in [0.15, 0.2) is 84.9 Å². The monoisotopic (exact) mass is 319 g/mol. The maximum absolute atomic E-state index is 11.2. The second-order valence-corrected chi connectivity index (χ2v) is 4.95. The van der Waals surface area contributed by atoms with Gasteiger partial charge in [-0.1, -0.05) is 66.7 Å². The molecule has 3 rings (SSSR count). The van der Waals surface area contributed by atoms with Crippen LogP contribution < -0.4 is 5.73 Å². The van der Waals surface area contributed by atoms with E-state index in [1.165, 1.54) is 0 Å². The molecule has 0 fully saturated rings. The Hall–Kier alpha value is -3.40. The number of hydrogen-bond acceptors (Lipinski definition) is 2. The summed E-state index contributed by atoms with van der Waals surface area (Å²) in [6.07, 6.45) is 0. The molecule has 0 bridgehead atoms. The van der Waals surface area contributed by atoms with E-state index >= 15 is 0 Å². The second-order valence-electron chi connectivity index (χ2n) is 4.95. The molecular formula is C20H17NO3. The fourth-order valence-corrected chi connectivity index (χ4v) is 2.15. The lowest BCUT2D eigenvalue weighted by atomic mass is 9.99. The molecule has 0 spiro atoms. The molecule has 0 aliphatic rings. The maximum atomic E-state index is 11.2. The molecule has 3 aromatic carbocycles. The maximum Gasteiger partial charge on any atom is 0.335 e. The SMILES string of the molecule is NC(=O)c1ccccc1-c1ccccc1.O=C(O)c1ccccc1. The number of carboxylic acids is 1. The lowest BCUT2D eigenvalue weighted by Gasteiger charge is -2.05. The van der Waals surface area contributed by atoms with Gasteiger partial charge < -0.3 is 10.8 Å². The standard InChI is InChI=1S/C13H11NO.C7H6O2/c14-13(15)12-9-5-4-8-11(12)10-6-2-1-3-7-10;8-7(9)6-4-2-1-3-5-6/h1-9H,(H2,14,15);1-5H,(H,8,9). The van der Waals surface area contributed by atoms with E-state index in [0.29, 0.717) is 11.1 Å². The molecule has 3 N–H and O–H groups in total. The average molecular weight is 319 g/mol. The number of aromatic carboxylic acids is 1. The third-order valence-corrected chi connectivity index (χ3v) is 3.30. The highest BCUT2D eigenvalue weighted by Gasteiger charge is 2.07. The zero-order valence-electron chi connectivity index (χ0n) is 12.9. The van der Waals surface area contributed by atoms with Crippen LogP contribution in [0.4, 0.5) is 0 Å². The van der Waals surface area contributed by atoms with Gasteiger partial charge in [-0.25, -0.2) is 4.79 Å². The van der Waals surface area contributed by atoms with Crippen molar-refractivity contribution in [2.75, 3.05) is 0 Å². The summed E-state index contributed by atoms with van der Waals surface area (Å²) in [6, 6.07) is 25.4. The van der Waals surface area contributed by atoms with E-state index in [1.807, 2.05) is 48.5 Å². The molecule has 0 aliphatic carbocycles. The number of nitrogens with two attached hydrogens (primary N) is 1. The van der Waals surface area contributed by atoms with E-state index in [-0.39, 0.29) is 0 Å². The number of carboxylic acid groups (broad SMARTS) is 1. The minimum atomic E-state index is -0.879. The van der Waals surface area contributed by atoms with Gasteiger partial charge in [0.15, 0.2) is 0 Å². The molecule has 3 aromatic rings. The fraction of sp³-hybridized carbons (Fsp3) is 0. The molecule has 0 atom stereocenters. The molecule has 0 unspecified atom stereocenters. The summed E-state index contributed by atoms with van der Waals surface area (Å²) in [7, 11) is 0. The number of rotatable bonds is 3. The van der Waals surface area contributed by atoms with Crippen LogP contribution in [0.3, 0.4) is 0 Å². The van der Waals surface area contributed by atoms with Gasteiger partial charge in [0.1, 0.15) is 0 Å². The fourth-order valence-electron chi connectivity index (χ4n) is 2.15. The number of primary amides is 1. The van der Waals surface area contributed by atoms with Crippen LogP contribution in [-0.4, -0.2) is 17.0 Å². The van der Waals surface area contributed by atoms with Crippen LogP contribution in [-0.2, 0) is 0 Å². The van der Waals surface area contributed by atoms with Gasteiger partial charge in [-0.3, -0.25) is 4.79 Å². The number of amides is 1. The summed E-state index contributed by atoms with van der Waals surface area (Å²) < 4.78 is 0. The highest BCUT2D eigenvalue weighted by atomic mass is 16.4. The molecule has 0 saturated heterocycles. The Kier molecular flexibility index (Phi) is 5.86. The van der Waals surface area contributed by atoms with Crippen molar-refractivity contribution in [3.63, 3.8) is 0 Å². The van der Waals surface area contributed by atoms with Gasteiger partial charge in [0.25, 0.3) is 0 Å². The summed E-state index contributed by atoms with van der Waals surface area (Å²) in [6.45, 7) is 0. The second kappa shape index (κ2) is 8.29. The summed E-state index contributed by atoms with van der Waals surface area (Å²) in [5.41, 5.74) is 8.09. The molecule has 0 radical (unpaired) electrons. The first-order chi connectivity index (χ1) is 11.6. The Bertz CT molecular complexity index is 815. The minimum absolute atomic E-state index is 0.331. The van der Waals surface area contributed by atoms with Crippen LogP contribution in [0, 0.1) is 0 Å². The number of benzene rings is 3. The first-order valence-electron chi connectivity index (χ1n) is 7.32. The van der Waals surface area contributed by atoms with Gasteiger partial charge in [-0.15, -0.1) is 0 Å². The van der Waals surface area contributed by atoms with Gasteiger partial charge in [-0.2, -0.15) is 0 Å². The zero-order valence-corrected chi connectivity index (χ0v) is 12.9. The summed E-state index contributed by atoms with van der Waals surface area (Å²) in [4.78, 5) is 21.4. The number of carbonyl (C=O) groups is 2. The van der Waals surface area contributed by atoms with E-state index in [1.54, 1.807) is 36.4 Å². The lowest BCUT2D eigenvalue weighted by molar-refractivity contribution is 0.0696. The van der Waals surface area contributed by atoms with Gasteiger partial charge in [0.05, 0.1) is 5.56 Å². The van der Waals surface area contributed by atoms with Crippen molar-refractivity contribution in [3.8, 4) is 11.1 Å². The molecule has 24 heavy (non-hydrogen) atoms. The summed E-state index contributed by atoms with van der Waals surface area (Å²) >= 11 is 0. The van der Waals surface area contributed by atoms with Crippen LogP contribution in [0.25, 0.3) is 11.1 Å². The van der Waals surface area contributed by atoms with E-state index in [2.05, 4.69) is 0 Å². The minimum Gasteiger partial charge on any atom is -0.478 e. The van der Waals surface area contributed by atoms with E-state index < -0.39 is 11.9 Å². The predicted octanol–water partition coefficient (Wildman–Crippen LogP) is 3.84. The van der Waals surface area contributed by atoms with Crippen LogP contribution in [0.1, 0.15) is 20.7 Å². The van der Waals surface area contributed by atoms with Crippen LogP contribution in [0.2, 0.25) is 0 Å². The van der Waals surface area contributed by atoms with Crippen LogP contribution in [0.5, 0.6) is 0 Å². The Morgan fingerprint density at radius 3 is 1.71 bits per heavy atom. The van der Waals surface area contributed by atoms with Crippen molar-refractivity contribution in [2.45, 2.75) is 0 Å². The largest absolute Gasteiger partial charge is 0.478 e. The van der Waals surface area contributed by atoms with Gasteiger partial charge in [0, 0.05) is 5.56 Å². The van der Waals surface area contributed by atoms with Crippen molar-refractivity contribution in [2.24, 2.45) is 5.73 Å². The molecule has 120 valence electrons. The lowest BCUT2D eigenvalue weighted by Crippen LogP contribution is -2.12. The Morgan fingerprint density at radius 2 is 1.21 bits per heavy atom. The number of carbonyl (C=O) groups excluding carboxylic acids is 1. The smallest absolute Gasteiger partial charge is 0.335 e. The van der Waals surface area contributed by atoms with Gasteiger partial charge in [-0.05, 0) is 29.3 Å². The predicted molar refractivity (Wildman–Crippen MR) is 93.8 cm³/mol. The Morgan fingerprint density at radius 1 is 0.708 bits per heavy atom. The molecule has 0 saturated carbocycles. The molecule has 0 aromatic heterocycles. The van der Waals surface area contributed by atoms with Gasteiger partial charge in [0.2, 0.25) is 5.91 Å². The number of hydrogen-bond donors (Lipinski definition) is 2. The zero-order chi connectivity index (χ0) is 17.4. The van der Waals surface area contributed by atoms with Crippen molar-refractivity contribution in [1.29, 1.82) is 0 Å². The van der Waals surface area contributed by atoms with E-state index in [0.717, 1.165) is 11.1 Å². The highest BCUT2D eigenvalue weighted by molar-refractivity contribution is 5.99. The van der Waals surface area contributed by atoms with Gasteiger partial charge >= 0.3 is 5.97 Å². The molecule has 1 amide bonds. The topological polar surface area (TPSA) is 80.4 Å². The van der Waals surface area contributed by atoms with Crippen molar-refractivity contribution in [1.82, 2.24) is 0 Å².